The third kappa shape index (κ3) is 7.28. The maximum absolute atomic E-state index is 12.9. The van der Waals surface area contributed by atoms with Crippen LogP contribution in [0.4, 0.5) is 17.6 Å². The number of hydrogen-bond donors (Lipinski definition) is 3. The molecule has 3 N–H and O–H groups in total. The van der Waals surface area contributed by atoms with Crippen LogP contribution in [-0.2, 0) is 11.3 Å². The molecule has 0 fully saturated rings. The second-order valence-electron chi connectivity index (χ2n) is 6.59. The smallest absolute Gasteiger partial charge is 0.340 e. The van der Waals surface area contributed by atoms with E-state index in [2.05, 4.69) is 20.0 Å². The van der Waals surface area contributed by atoms with Gasteiger partial charge in [0.1, 0.15) is 11.5 Å². The number of pyridine rings is 1. The van der Waals surface area contributed by atoms with Crippen LogP contribution >= 0.6 is 0 Å². The van der Waals surface area contributed by atoms with E-state index in [4.69, 9.17) is 10.5 Å². The van der Waals surface area contributed by atoms with Gasteiger partial charge in [0.2, 0.25) is 0 Å². The maximum Gasteiger partial charge on any atom is 0.340 e. The number of unbranched alkanes of at least 4 members (excludes halogenated alkanes) is 1. The molecule has 0 atom stereocenters. The summed E-state index contributed by atoms with van der Waals surface area (Å²) in [5, 5.41) is 19.7. The largest absolute Gasteiger partial charge is 0.485 e. The van der Waals surface area contributed by atoms with Gasteiger partial charge in [-0.2, -0.15) is 8.78 Å². The third-order valence-electron chi connectivity index (χ3n) is 4.14. The normalized spacial score (nSPS) is 15.4. The van der Waals surface area contributed by atoms with Gasteiger partial charge in [0.05, 0.1) is 24.1 Å². The van der Waals surface area contributed by atoms with E-state index in [-0.39, 0.29) is 42.5 Å². The Bertz CT molecular complexity index is 868. The third-order valence-corrected chi connectivity index (χ3v) is 4.14. The summed E-state index contributed by atoms with van der Waals surface area (Å²) in [6.07, 6.45) is 2.79. The van der Waals surface area contributed by atoms with Gasteiger partial charge >= 0.3 is 12.3 Å². The first-order chi connectivity index (χ1) is 14.7. The van der Waals surface area contributed by atoms with Crippen LogP contribution in [0.15, 0.2) is 47.4 Å². The number of nitrogens with zero attached hydrogens (tertiary/aromatic N) is 2. The SMILES string of the molecule is N=C1C=CN=C(C(=O)CCCCO)/C1=C/NCc1ccc(OCC(F)(F)C(F)F)cn1. The van der Waals surface area contributed by atoms with Crippen molar-refractivity contribution in [2.24, 2.45) is 4.99 Å². The van der Waals surface area contributed by atoms with Crippen LogP contribution in [0.1, 0.15) is 25.0 Å². The number of aliphatic hydroxyl groups is 1. The molecule has 2 rings (SSSR count). The molecule has 0 saturated carbocycles. The van der Waals surface area contributed by atoms with Crippen molar-refractivity contribution in [3.63, 3.8) is 0 Å². The van der Waals surface area contributed by atoms with E-state index < -0.39 is 19.0 Å². The quantitative estimate of drug-likeness (QED) is 0.341. The van der Waals surface area contributed by atoms with E-state index >= 15 is 0 Å². The predicted octanol–water partition coefficient (Wildman–Crippen LogP) is 3.05. The Morgan fingerprint density at radius 1 is 1.32 bits per heavy atom. The molecule has 1 aliphatic rings. The average Bonchev–Trinajstić information content (AvgIpc) is 2.74. The lowest BCUT2D eigenvalue weighted by molar-refractivity contribution is -0.148. The van der Waals surface area contributed by atoms with Crippen LogP contribution in [-0.4, -0.2) is 52.9 Å². The number of ketones is 1. The van der Waals surface area contributed by atoms with Crippen molar-refractivity contribution in [3.05, 3.63) is 48.1 Å². The van der Waals surface area contributed by atoms with Crippen molar-refractivity contribution in [1.82, 2.24) is 10.3 Å². The van der Waals surface area contributed by atoms with Crippen molar-refractivity contribution >= 4 is 17.2 Å². The van der Waals surface area contributed by atoms with Crippen LogP contribution < -0.4 is 10.1 Å². The Kier molecular flexibility index (Phi) is 8.86. The van der Waals surface area contributed by atoms with Gasteiger partial charge in [-0.15, -0.1) is 0 Å². The van der Waals surface area contributed by atoms with E-state index in [1.165, 1.54) is 30.6 Å². The highest BCUT2D eigenvalue weighted by atomic mass is 19.3. The predicted molar refractivity (Wildman–Crippen MR) is 106 cm³/mol. The zero-order valence-corrected chi connectivity index (χ0v) is 16.5. The molecule has 0 aromatic carbocycles. The lowest BCUT2D eigenvalue weighted by atomic mass is 9.97. The van der Waals surface area contributed by atoms with Crippen molar-refractivity contribution in [1.29, 1.82) is 5.41 Å². The first-order valence-electron chi connectivity index (χ1n) is 9.39. The summed E-state index contributed by atoms with van der Waals surface area (Å²) in [5.41, 5.74) is 1.04. The van der Waals surface area contributed by atoms with Crippen molar-refractivity contribution in [2.75, 3.05) is 13.2 Å². The van der Waals surface area contributed by atoms with Gasteiger partial charge in [0.25, 0.3) is 0 Å². The number of aliphatic hydroxyl groups excluding tert-OH is 1. The Morgan fingerprint density at radius 2 is 2.10 bits per heavy atom. The number of carbonyl (C=O) groups is 1. The Labute approximate surface area is 176 Å². The number of allylic oxidation sites excluding steroid dienone is 2. The molecule has 1 aromatic rings. The summed E-state index contributed by atoms with van der Waals surface area (Å²) in [6, 6.07) is 2.78. The molecule has 0 spiro atoms. The summed E-state index contributed by atoms with van der Waals surface area (Å²) in [4.78, 5) is 20.4. The average molecular weight is 442 g/mol. The molecule has 0 aliphatic carbocycles. The van der Waals surface area contributed by atoms with E-state index in [0.717, 1.165) is 6.20 Å². The minimum atomic E-state index is -4.25. The standard InChI is InChI=1S/C20H22F4N4O3/c21-19(22)20(23,24)12-31-14-5-4-13(28-10-14)9-26-11-15-16(25)6-7-27-18(15)17(30)3-1-2-8-29/h4-7,10-11,19,25-26,29H,1-3,8-9,12H2/b15-11+,25-16?. The number of ether oxygens (including phenoxy) is 1. The fraction of sp³-hybridized carbons (Fsp3) is 0.400. The summed E-state index contributed by atoms with van der Waals surface area (Å²) in [6.45, 7) is -1.29. The molecule has 0 radical (unpaired) electrons. The number of rotatable bonds is 12. The zero-order valence-electron chi connectivity index (χ0n) is 16.5. The number of halogens is 4. The topological polar surface area (TPSA) is 108 Å². The Hall–Kier alpha value is -3.08. The van der Waals surface area contributed by atoms with Gasteiger partial charge < -0.3 is 20.6 Å². The molecule has 11 heteroatoms. The zero-order chi connectivity index (χ0) is 22.9. The molecule has 168 valence electrons. The van der Waals surface area contributed by atoms with E-state index in [0.29, 0.717) is 24.1 Å². The summed E-state index contributed by atoms with van der Waals surface area (Å²) >= 11 is 0. The number of hydrogen-bond acceptors (Lipinski definition) is 7. The molecule has 7 nitrogen and oxygen atoms in total. The van der Waals surface area contributed by atoms with Crippen LogP contribution in [0.25, 0.3) is 0 Å². The molecule has 0 unspecified atom stereocenters. The lowest BCUT2D eigenvalue weighted by Gasteiger charge is -2.16. The van der Waals surface area contributed by atoms with Crippen LogP contribution in [0.5, 0.6) is 5.75 Å². The minimum absolute atomic E-state index is 0.00872. The number of nitrogens with one attached hydrogen (secondary N) is 2. The molecular weight excluding hydrogens is 420 g/mol. The van der Waals surface area contributed by atoms with Crippen LogP contribution in [0.3, 0.4) is 0 Å². The van der Waals surface area contributed by atoms with Gasteiger partial charge in [-0.1, -0.05) is 0 Å². The van der Waals surface area contributed by atoms with Crippen molar-refractivity contribution in [2.45, 2.75) is 38.2 Å². The molecule has 0 saturated heterocycles. The second-order valence-corrected chi connectivity index (χ2v) is 6.59. The molecule has 0 amide bonds. The number of aliphatic imine (C=N–C) groups is 1. The Balaban J connectivity index is 1.94. The van der Waals surface area contributed by atoms with E-state index in [9.17, 15) is 22.4 Å². The van der Waals surface area contributed by atoms with Crippen molar-refractivity contribution < 1.29 is 32.2 Å². The second kappa shape index (κ2) is 11.3. The molecule has 1 aromatic heterocycles. The van der Waals surface area contributed by atoms with Gasteiger partial charge in [-0.3, -0.25) is 14.8 Å². The molecule has 2 heterocycles. The fourth-order valence-corrected chi connectivity index (χ4v) is 2.46. The highest BCUT2D eigenvalue weighted by Gasteiger charge is 2.41. The number of alkyl halides is 4. The molecule has 0 bridgehead atoms. The minimum Gasteiger partial charge on any atom is -0.485 e. The summed E-state index contributed by atoms with van der Waals surface area (Å²) in [7, 11) is 0. The summed E-state index contributed by atoms with van der Waals surface area (Å²) in [5.74, 6) is -4.57. The molecular formula is C20H22F4N4O3. The monoisotopic (exact) mass is 442 g/mol. The first-order valence-corrected chi connectivity index (χ1v) is 9.39. The van der Waals surface area contributed by atoms with Crippen LogP contribution in [0, 0.1) is 5.41 Å². The van der Waals surface area contributed by atoms with Gasteiger partial charge in [0, 0.05) is 31.0 Å². The fourth-order valence-electron chi connectivity index (χ4n) is 2.46. The molecule has 1 aliphatic heterocycles. The Morgan fingerprint density at radius 3 is 2.74 bits per heavy atom. The molecule has 31 heavy (non-hydrogen) atoms. The van der Waals surface area contributed by atoms with Gasteiger partial charge in [-0.05, 0) is 31.1 Å². The highest BCUT2D eigenvalue weighted by Crippen LogP contribution is 2.24. The van der Waals surface area contributed by atoms with E-state index in [1.807, 2.05) is 0 Å². The lowest BCUT2D eigenvalue weighted by Crippen LogP contribution is -2.33. The van der Waals surface area contributed by atoms with Gasteiger partial charge in [-0.25, -0.2) is 8.78 Å². The summed E-state index contributed by atoms with van der Waals surface area (Å²) < 4.78 is 54.7. The van der Waals surface area contributed by atoms with Crippen LogP contribution in [0.2, 0.25) is 0 Å². The highest BCUT2D eigenvalue weighted by molar-refractivity contribution is 6.53. The number of carbonyl (C=O) groups excluding carboxylic acids is 1. The first kappa shape index (κ1) is 24.2. The van der Waals surface area contributed by atoms with E-state index in [1.54, 1.807) is 0 Å². The maximum atomic E-state index is 12.9. The van der Waals surface area contributed by atoms with Crippen molar-refractivity contribution in [3.8, 4) is 5.75 Å². The number of aromatic nitrogens is 1. The van der Waals surface area contributed by atoms with Gasteiger partial charge in [0.15, 0.2) is 12.4 Å². The number of Topliss-reactive ketones (excluding diaryl/α,β-unsaturated/α-hetero) is 1.